The number of aromatic nitrogens is 1. The Hall–Kier alpha value is -1.18. The van der Waals surface area contributed by atoms with Gasteiger partial charge < -0.3 is 15.0 Å². The number of amides is 1. The molecule has 0 aliphatic carbocycles. The van der Waals surface area contributed by atoms with Gasteiger partial charge in [-0.05, 0) is 12.8 Å². The van der Waals surface area contributed by atoms with Gasteiger partial charge in [0.05, 0.1) is 6.54 Å². The zero-order chi connectivity index (χ0) is 14.5. The molecule has 0 spiro atoms. The lowest BCUT2D eigenvalue weighted by Gasteiger charge is -2.34. The van der Waals surface area contributed by atoms with Crippen molar-refractivity contribution in [1.82, 2.24) is 15.2 Å². The number of nitrogens with one attached hydrogen (secondary N) is 1. The minimum atomic E-state index is 0.143. The zero-order valence-electron chi connectivity index (χ0n) is 12.2. The fourth-order valence-electron chi connectivity index (χ4n) is 2.79. The largest absolute Gasteiger partial charge is 0.381 e. The highest BCUT2D eigenvalue weighted by Crippen LogP contribution is 2.18. The van der Waals surface area contributed by atoms with Crippen molar-refractivity contribution >= 4 is 22.4 Å². The van der Waals surface area contributed by atoms with Crippen LogP contribution in [-0.4, -0.2) is 67.8 Å². The second kappa shape index (κ2) is 7.20. The lowest BCUT2D eigenvalue weighted by atomic mass is 10.1. The van der Waals surface area contributed by atoms with E-state index in [0.717, 1.165) is 57.4 Å². The van der Waals surface area contributed by atoms with E-state index in [1.165, 1.54) is 0 Å². The molecule has 0 aromatic carbocycles. The van der Waals surface area contributed by atoms with E-state index in [1.807, 2.05) is 11.6 Å². The van der Waals surface area contributed by atoms with E-state index >= 15 is 0 Å². The minimum Gasteiger partial charge on any atom is -0.381 e. The Morgan fingerprint density at radius 2 is 2.10 bits per heavy atom. The van der Waals surface area contributed by atoms with Crippen molar-refractivity contribution in [1.29, 1.82) is 0 Å². The molecule has 116 valence electrons. The van der Waals surface area contributed by atoms with E-state index in [1.54, 1.807) is 11.3 Å². The van der Waals surface area contributed by atoms with Crippen LogP contribution in [0, 0.1) is 0 Å². The third kappa shape index (κ3) is 4.15. The number of nitrogens with zero attached hydrogens (tertiary/aromatic N) is 3. The number of carbonyl (C=O) groups excluding carboxylic acids is 1. The second-order valence-corrected chi connectivity index (χ2v) is 6.41. The van der Waals surface area contributed by atoms with Gasteiger partial charge in [0.1, 0.15) is 0 Å². The summed E-state index contributed by atoms with van der Waals surface area (Å²) in [6.07, 6.45) is 3.71. The first-order valence-corrected chi connectivity index (χ1v) is 8.43. The van der Waals surface area contributed by atoms with Gasteiger partial charge in [0, 0.05) is 57.0 Å². The van der Waals surface area contributed by atoms with Crippen LogP contribution in [-0.2, 0) is 9.53 Å². The molecule has 7 heteroatoms. The maximum absolute atomic E-state index is 12.1. The molecule has 1 N–H and O–H groups in total. The Bertz CT molecular complexity index is 440. The molecule has 0 atom stereocenters. The van der Waals surface area contributed by atoms with Gasteiger partial charge in [-0.1, -0.05) is 0 Å². The van der Waals surface area contributed by atoms with Crippen LogP contribution in [0.15, 0.2) is 11.6 Å². The molecular formula is C14H22N4O2S. The van der Waals surface area contributed by atoms with Crippen molar-refractivity contribution in [3.63, 3.8) is 0 Å². The molecule has 0 bridgehead atoms. The van der Waals surface area contributed by atoms with Gasteiger partial charge in [-0.15, -0.1) is 11.3 Å². The minimum absolute atomic E-state index is 0.143. The van der Waals surface area contributed by atoms with Crippen molar-refractivity contribution < 1.29 is 9.53 Å². The fraction of sp³-hybridized carbons (Fsp3) is 0.714. The first-order valence-electron chi connectivity index (χ1n) is 7.55. The summed E-state index contributed by atoms with van der Waals surface area (Å²) in [6.45, 7) is 5.75. The van der Waals surface area contributed by atoms with Gasteiger partial charge in [0.2, 0.25) is 5.91 Å². The summed E-state index contributed by atoms with van der Waals surface area (Å²) in [7, 11) is 0. The molecule has 2 fully saturated rings. The van der Waals surface area contributed by atoms with Crippen LogP contribution < -0.4 is 10.2 Å². The number of hydrogen-bond acceptors (Lipinski definition) is 6. The monoisotopic (exact) mass is 310 g/mol. The number of anilines is 1. The van der Waals surface area contributed by atoms with E-state index in [-0.39, 0.29) is 5.91 Å². The number of ether oxygens (including phenoxy) is 1. The van der Waals surface area contributed by atoms with Crippen LogP contribution in [0.2, 0.25) is 0 Å². The van der Waals surface area contributed by atoms with E-state index < -0.39 is 0 Å². The normalized spacial score (nSPS) is 21.4. The molecule has 1 aromatic rings. The second-order valence-electron chi connectivity index (χ2n) is 5.53. The van der Waals surface area contributed by atoms with Crippen LogP contribution in [0.1, 0.15) is 12.8 Å². The third-order valence-corrected chi connectivity index (χ3v) is 4.85. The average Bonchev–Trinajstić information content (AvgIpc) is 3.03. The van der Waals surface area contributed by atoms with Gasteiger partial charge in [0.15, 0.2) is 5.13 Å². The van der Waals surface area contributed by atoms with Crippen LogP contribution >= 0.6 is 11.3 Å². The Balaban J connectivity index is 1.39. The summed E-state index contributed by atoms with van der Waals surface area (Å²) in [5, 5.41) is 6.21. The summed E-state index contributed by atoms with van der Waals surface area (Å²) in [6, 6.07) is 0.294. The molecule has 1 amide bonds. The van der Waals surface area contributed by atoms with Gasteiger partial charge in [-0.3, -0.25) is 9.69 Å². The number of rotatable bonds is 4. The molecule has 2 aliphatic rings. The van der Waals surface area contributed by atoms with E-state index in [0.29, 0.717) is 12.6 Å². The quantitative estimate of drug-likeness (QED) is 0.881. The van der Waals surface area contributed by atoms with Crippen LogP contribution in [0.3, 0.4) is 0 Å². The van der Waals surface area contributed by atoms with Gasteiger partial charge in [0.25, 0.3) is 0 Å². The summed E-state index contributed by atoms with van der Waals surface area (Å²) in [4.78, 5) is 20.9. The summed E-state index contributed by atoms with van der Waals surface area (Å²) in [5.41, 5.74) is 0. The van der Waals surface area contributed by atoms with Crippen molar-refractivity contribution in [3.05, 3.63) is 11.6 Å². The first-order chi connectivity index (χ1) is 10.3. The lowest BCUT2D eigenvalue weighted by Crippen LogP contribution is -2.51. The smallest absolute Gasteiger partial charge is 0.234 e. The molecule has 21 heavy (non-hydrogen) atoms. The predicted molar refractivity (Wildman–Crippen MR) is 82.8 cm³/mol. The number of carbonyl (C=O) groups is 1. The average molecular weight is 310 g/mol. The standard InChI is InChI=1S/C14H22N4O2S/c19-13(16-12-1-8-20-9-2-12)11-17-4-6-18(7-5-17)14-15-3-10-21-14/h3,10,12H,1-2,4-9,11H2,(H,16,19). The summed E-state index contributed by atoms with van der Waals surface area (Å²) >= 11 is 1.67. The molecule has 1 aromatic heterocycles. The molecular weight excluding hydrogens is 288 g/mol. The Kier molecular flexibility index (Phi) is 5.05. The SMILES string of the molecule is O=C(CN1CCN(c2nccs2)CC1)NC1CCOCC1. The van der Waals surface area contributed by atoms with Gasteiger partial charge in [-0.25, -0.2) is 4.98 Å². The Labute approximate surface area is 129 Å². The maximum Gasteiger partial charge on any atom is 0.234 e. The van der Waals surface area contributed by atoms with E-state index in [4.69, 9.17) is 4.74 Å². The molecule has 3 heterocycles. The van der Waals surface area contributed by atoms with Crippen molar-refractivity contribution in [2.24, 2.45) is 0 Å². The van der Waals surface area contributed by atoms with Crippen LogP contribution in [0.5, 0.6) is 0 Å². The highest BCUT2D eigenvalue weighted by atomic mass is 32.1. The van der Waals surface area contributed by atoms with Crippen LogP contribution in [0.4, 0.5) is 5.13 Å². The van der Waals surface area contributed by atoms with E-state index in [9.17, 15) is 4.79 Å². The molecule has 0 radical (unpaired) electrons. The molecule has 0 saturated carbocycles. The lowest BCUT2D eigenvalue weighted by molar-refractivity contribution is -0.123. The van der Waals surface area contributed by atoms with Crippen molar-refractivity contribution in [3.8, 4) is 0 Å². The zero-order valence-corrected chi connectivity index (χ0v) is 13.0. The first kappa shape index (κ1) is 14.7. The number of piperazine rings is 1. The number of hydrogen-bond donors (Lipinski definition) is 1. The number of thiazole rings is 1. The summed E-state index contributed by atoms with van der Waals surface area (Å²) in [5.74, 6) is 0.143. The Morgan fingerprint density at radius 3 is 2.76 bits per heavy atom. The predicted octanol–water partition coefficient (Wildman–Crippen LogP) is 0.560. The van der Waals surface area contributed by atoms with E-state index in [2.05, 4.69) is 20.1 Å². The Morgan fingerprint density at radius 1 is 1.33 bits per heavy atom. The fourth-order valence-corrected chi connectivity index (χ4v) is 3.48. The van der Waals surface area contributed by atoms with Gasteiger partial charge in [-0.2, -0.15) is 0 Å². The maximum atomic E-state index is 12.1. The molecule has 2 saturated heterocycles. The molecule has 2 aliphatic heterocycles. The third-order valence-electron chi connectivity index (χ3n) is 4.02. The topological polar surface area (TPSA) is 57.7 Å². The molecule has 0 unspecified atom stereocenters. The van der Waals surface area contributed by atoms with Gasteiger partial charge >= 0.3 is 0 Å². The molecule has 6 nitrogen and oxygen atoms in total. The van der Waals surface area contributed by atoms with Crippen molar-refractivity contribution in [2.75, 3.05) is 50.8 Å². The highest BCUT2D eigenvalue weighted by Gasteiger charge is 2.22. The van der Waals surface area contributed by atoms with Crippen LogP contribution in [0.25, 0.3) is 0 Å². The highest BCUT2D eigenvalue weighted by molar-refractivity contribution is 7.13. The molecule has 3 rings (SSSR count). The van der Waals surface area contributed by atoms with Crippen molar-refractivity contribution in [2.45, 2.75) is 18.9 Å². The summed E-state index contributed by atoms with van der Waals surface area (Å²) < 4.78 is 5.31.